The molecule has 4 nitrogen and oxygen atoms in total. The molecule has 3 rings (SSSR count). The number of rotatable bonds is 2. The van der Waals surface area contributed by atoms with Crippen molar-refractivity contribution in [1.82, 2.24) is 15.0 Å². The Morgan fingerprint density at radius 3 is 2.50 bits per heavy atom. The lowest BCUT2D eigenvalue weighted by atomic mass is 10.1. The maximum Gasteiger partial charge on any atom is 0.181 e. The highest BCUT2D eigenvalue weighted by Gasteiger charge is 2.13. The molecular formula is C13H10N4S. The van der Waals surface area contributed by atoms with Gasteiger partial charge in [0, 0.05) is 30.4 Å². The number of pyridine rings is 2. The highest BCUT2D eigenvalue weighted by atomic mass is 32.1. The van der Waals surface area contributed by atoms with Crippen molar-refractivity contribution >= 4 is 16.5 Å². The van der Waals surface area contributed by atoms with Gasteiger partial charge in [-0.05, 0) is 29.8 Å². The van der Waals surface area contributed by atoms with E-state index in [9.17, 15) is 0 Å². The highest BCUT2D eigenvalue weighted by Crippen LogP contribution is 2.37. The van der Waals surface area contributed by atoms with Crippen LogP contribution in [0.1, 0.15) is 0 Å². The number of hydrogen-bond acceptors (Lipinski definition) is 5. The van der Waals surface area contributed by atoms with E-state index in [4.69, 9.17) is 5.73 Å². The van der Waals surface area contributed by atoms with Crippen LogP contribution < -0.4 is 5.73 Å². The molecule has 88 valence electrons. The molecule has 0 fully saturated rings. The third-order valence-corrected chi connectivity index (χ3v) is 3.45. The summed E-state index contributed by atoms with van der Waals surface area (Å²) in [5.41, 5.74) is 8.73. The number of anilines is 1. The van der Waals surface area contributed by atoms with Crippen LogP contribution in [0.5, 0.6) is 0 Å². The summed E-state index contributed by atoms with van der Waals surface area (Å²) in [6.45, 7) is 0. The topological polar surface area (TPSA) is 64.7 Å². The van der Waals surface area contributed by atoms with Crippen LogP contribution in [0.25, 0.3) is 21.7 Å². The van der Waals surface area contributed by atoms with Gasteiger partial charge in [-0.2, -0.15) is 0 Å². The zero-order valence-electron chi connectivity index (χ0n) is 9.45. The molecule has 5 heteroatoms. The monoisotopic (exact) mass is 254 g/mol. The van der Waals surface area contributed by atoms with Gasteiger partial charge < -0.3 is 5.73 Å². The Balaban J connectivity index is 2.17. The van der Waals surface area contributed by atoms with E-state index in [1.165, 1.54) is 11.3 Å². The van der Waals surface area contributed by atoms with Crippen molar-refractivity contribution in [3.63, 3.8) is 0 Å². The Bertz CT molecular complexity index is 592. The summed E-state index contributed by atoms with van der Waals surface area (Å²) in [5, 5.41) is 0.556. The molecular weight excluding hydrogens is 244 g/mol. The molecule has 2 N–H and O–H groups in total. The molecule has 18 heavy (non-hydrogen) atoms. The van der Waals surface area contributed by atoms with Crippen LogP contribution in [0.4, 0.5) is 5.13 Å². The van der Waals surface area contributed by atoms with Crippen molar-refractivity contribution in [3.8, 4) is 21.7 Å². The van der Waals surface area contributed by atoms with Crippen molar-refractivity contribution in [3.05, 3.63) is 49.1 Å². The fourth-order valence-corrected chi connectivity index (χ4v) is 2.59. The van der Waals surface area contributed by atoms with Crippen LogP contribution in [0.15, 0.2) is 49.1 Å². The summed E-state index contributed by atoms with van der Waals surface area (Å²) in [5.74, 6) is 0. The largest absolute Gasteiger partial charge is 0.375 e. The Morgan fingerprint density at radius 1 is 0.944 bits per heavy atom. The van der Waals surface area contributed by atoms with Crippen molar-refractivity contribution in [2.24, 2.45) is 0 Å². The molecule has 0 aliphatic rings. The van der Waals surface area contributed by atoms with E-state index >= 15 is 0 Å². The zero-order chi connectivity index (χ0) is 12.4. The molecule has 0 unspecified atom stereocenters. The molecule has 0 amide bonds. The van der Waals surface area contributed by atoms with Crippen molar-refractivity contribution in [1.29, 1.82) is 0 Å². The van der Waals surface area contributed by atoms with Crippen LogP contribution in [-0.2, 0) is 0 Å². The predicted octanol–water partition coefficient (Wildman–Crippen LogP) is 2.85. The molecule has 0 bridgehead atoms. The number of nitrogens with zero attached hydrogens (tertiary/aromatic N) is 3. The fourth-order valence-electron chi connectivity index (χ4n) is 1.73. The third-order valence-electron chi connectivity index (χ3n) is 2.52. The Kier molecular flexibility index (Phi) is 2.74. The minimum absolute atomic E-state index is 0.556. The number of hydrogen-bond donors (Lipinski definition) is 1. The van der Waals surface area contributed by atoms with Gasteiger partial charge in [-0.15, -0.1) is 0 Å². The standard InChI is InChI=1S/C13H10N4S/c14-13-17-11(10-2-1-5-16-8-10)12(18-13)9-3-6-15-7-4-9/h1-8H,(H2,14,17). The van der Waals surface area contributed by atoms with Crippen molar-refractivity contribution in [2.45, 2.75) is 0 Å². The number of nitrogen functional groups attached to an aromatic ring is 1. The lowest BCUT2D eigenvalue weighted by Gasteiger charge is -2.01. The Labute approximate surface area is 108 Å². The molecule has 3 aromatic rings. The van der Waals surface area contributed by atoms with E-state index in [-0.39, 0.29) is 0 Å². The SMILES string of the molecule is Nc1nc(-c2cccnc2)c(-c2ccncc2)s1. The molecule has 0 saturated heterocycles. The van der Waals surface area contributed by atoms with Crippen LogP contribution in [-0.4, -0.2) is 15.0 Å². The highest BCUT2D eigenvalue weighted by molar-refractivity contribution is 7.19. The van der Waals surface area contributed by atoms with Crippen molar-refractivity contribution in [2.75, 3.05) is 5.73 Å². The first-order chi connectivity index (χ1) is 8.84. The molecule has 0 atom stereocenters. The van der Waals surface area contributed by atoms with Gasteiger partial charge >= 0.3 is 0 Å². The Morgan fingerprint density at radius 2 is 1.78 bits per heavy atom. The van der Waals surface area contributed by atoms with Gasteiger partial charge in [-0.3, -0.25) is 9.97 Å². The van der Waals surface area contributed by atoms with E-state index < -0.39 is 0 Å². The summed E-state index contributed by atoms with van der Waals surface area (Å²) in [6.07, 6.45) is 7.06. The second-order valence-corrected chi connectivity index (χ2v) is 4.74. The summed E-state index contributed by atoms with van der Waals surface area (Å²) in [6, 6.07) is 7.77. The molecule has 0 spiro atoms. The summed E-state index contributed by atoms with van der Waals surface area (Å²) in [4.78, 5) is 13.6. The molecule has 0 aromatic carbocycles. The molecule has 0 aliphatic heterocycles. The quantitative estimate of drug-likeness (QED) is 0.763. The smallest absolute Gasteiger partial charge is 0.181 e. The summed E-state index contributed by atoms with van der Waals surface area (Å²) < 4.78 is 0. The van der Waals surface area contributed by atoms with Crippen LogP contribution in [0, 0.1) is 0 Å². The van der Waals surface area contributed by atoms with E-state index in [1.54, 1.807) is 24.8 Å². The average Bonchev–Trinajstić information content (AvgIpc) is 2.83. The first kappa shape index (κ1) is 10.9. The third kappa shape index (κ3) is 1.96. The maximum atomic E-state index is 5.83. The fraction of sp³-hybridized carbons (Fsp3) is 0. The normalized spacial score (nSPS) is 10.4. The van der Waals surface area contributed by atoms with Crippen LogP contribution in [0.3, 0.4) is 0 Å². The second-order valence-electron chi connectivity index (χ2n) is 3.71. The second kappa shape index (κ2) is 4.54. The Hall–Kier alpha value is -2.27. The zero-order valence-corrected chi connectivity index (χ0v) is 10.3. The molecule has 0 radical (unpaired) electrons. The minimum atomic E-state index is 0.556. The number of nitrogens with two attached hydrogens (primary N) is 1. The summed E-state index contributed by atoms with van der Waals surface area (Å²) in [7, 11) is 0. The van der Waals surface area contributed by atoms with E-state index in [1.807, 2.05) is 24.3 Å². The number of aromatic nitrogens is 3. The lowest BCUT2D eigenvalue weighted by Crippen LogP contribution is -1.85. The van der Waals surface area contributed by atoms with E-state index in [0.717, 1.165) is 21.7 Å². The molecule has 0 aliphatic carbocycles. The van der Waals surface area contributed by atoms with Gasteiger partial charge in [0.15, 0.2) is 5.13 Å². The van der Waals surface area contributed by atoms with Crippen LogP contribution in [0.2, 0.25) is 0 Å². The van der Waals surface area contributed by atoms with Gasteiger partial charge in [0.1, 0.15) is 0 Å². The van der Waals surface area contributed by atoms with E-state index in [2.05, 4.69) is 15.0 Å². The van der Waals surface area contributed by atoms with Gasteiger partial charge in [0.2, 0.25) is 0 Å². The van der Waals surface area contributed by atoms with Gasteiger partial charge in [0.05, 0.1) is 10.6 Å². The molecule has 3 heterocycles. The van der Waals surface area contributed by atoms with Gasteiger partial charge in [0.25, 0.3) is 0 Å². The molecule has 0 saturated carbocycles. The van der Waals surface area contributed by atoms with Gasteiger partial charge in [-0.1, -0.05) is 11.3 Å². The molecule has 3 aromatic heterocycles. The average molecular weight is 254 g/mol. The van der Waals surface area contributed by atoms with E-state index in [0.29, 0.717) is 5.13 Å². The summed E-state index contributed by atoms with van der Waals surface area (Å²) >= 11 is 1.47. The first-order valence-electron chi connectivity index (χ1n) is 5.41. The minimum Gasteiger partial charge on any atom is -0.375 e. The number of thiazole rings is 1. The van der Waals surface area contributed by atoms with Crippen molar-refractivity contribution < 1.29 is 0 Å². The maximum absolute atomic E-state index is 5.83. The lowest BCUT2D eigenvalue weighted by molar-refractivity contribution is 1.30. The van der Waals surface area contributed by atoms with Crippen LogP contribution >= 0.6 is 11.3 Å². The predicted molar refractivity (Wildman–Crippen MR) is 73.0 cm³/mol. The first-order valence-corrected chi connectivity index (χ1v) is 6.23. The van der Waals surface area contributed by atoms with Gasteiger partial charge in [-0.25, -0.2) is 4.98 Å².